The zero-order valence-electron chi connectivity index (χ0n) is 10.0. The van der Waals surface area contributed by atoms with Crippen molar-refractivity contribution in [2.24, 2.45) is 0 Å². The van der Waals surface area contributed by atoms with E-state index in [9.17, 15) is 9.50 Å². The Kier molecular flexibility index (Phi) is 4.30. The summed E-state index contributed by atoms with van der Waals surface area (Å²) in [6, 6.07) is 8.88. The minimum Gasteiger partial charge on any atom is -0.455 e. The van der Waals surface area contributed by atoms with Gasteiger partial charge in [-0.1, -0.05) is 29.3 Å². The van der Waals surface area contributed by atoms with Crippen LogP contribution in [0, 0.1) is 5.82 Å². The van der Waals surface area contributed by atoms with Crippen LogP contribution in [0.15, 0.2) is 36.4 Å². The van der Waals surface area contributed by atoms with E-state index >= 15 is 0 Å². The van der Waals surface area contributed by atoms with E-state index in [1.165, 1.54) is 25.1 Å². The van der Waals surface area contributed by atoms with E-state index in [1.54, 1.807) is 18.2 Å². The van der Waals surface area contributed by atoms with Crippen molar-refractivity contribution < 1.29 is 14.2 Å². The molecule has 1 N–H and O–H groups in total. The van der Waals surface area contributed by atoms with Crippen LogP contribution in [0.4, 0.5) is 4.39 Å². The minimum absolute atomic E-state index is 0.269. The van der Waals surface area contributed by atoms with E-state index in [0.717, 1.165) is 0 Å². The summed E-state index contributed by atoms with van der Waals surface area (Å²) in [5, 5.41) is 10.3. The molecule has 0 radical (unpaired) electrons. The van der Waals surface area contributed by atoms with Gasteiger partial charge in [-0.2, -0.15) is 0 Å². The van der Waals surface area contributed by atoms with Gasteiger partial charge < -0.3 is 9.84 Å². The van der Waals surface area contributed by atoms with Crippen LogP contribution >= 0.6 is 23.2 Å². The van der Waals surface area contributed by atoms with E-state index in [0.29, 0.717) is 22.1 Å². The average Bonchev–Trinajstić information content (AvgIpc) is 2.36. The number of benzene rings is 2. The number of rotatable bonds is 3. The Labute approximate surface area is 120 Å². The summed E-state index contributed by atoms with van der Waals surface area (Å²) in [6.45, 7) is 1.53. The van der Waals surface area contributed by atoms with Gasteiger partial charge >= 0.3 is 0 Å². The molecule has 100 valence electrons. The monoisotopic (exact) mass is 300 g/mol. The molecule has 19 heavy (non-hydrogen) atoms. The van der Waals surface area contributed by atoms with Gasteiger partial charge in [0.05, 0.1) is 11.1 Å². The van der Waals surface area contributed by atoms with E-state index in [1.807, 2.05) is 0 Å². The average molecular weight is 301 g/mol. The molecule has 5 heteroatoms. The fourth-order valence-electron chi connectivity index (χ4n) is 1.62. The van der Waals surface area contributed by atoms with Gasteiger partial charge in [0.15, 0.2) is 0 Å². The molecule has 0 saturated carbocycles. The lowest BCUT2D eigenvalue weighted by molar-refractivity contribution is 0.195. The van der Waals surface area contributed by atoms with Crippen molar-refractivity contribution in [3.8, 4) is 11.5 Å². The van der Waals surface area contributed by atoms with Crippen molar-refractivity contribution in [1.82, 2.24) is 0 Å². The fourth-order valence-corrected chi connectivity index (χ4v) is 1.95. The van der Waals surface area contributed by atoms with E-state index in [2.05, 4.69) is 0 Å². The summed E-state index contributed by atoms with van der Waals surface area (Å²) >= 11 is 11.9. The van der Waals surface area contributed by atoms with Crippen LogP contribution in [0.25, 0.3) is 0 Å². The van der Waals surface area contributed by atoms with Crippen LogP contribution in [-0.2, 0) is 0 Å². The molecule has 2 aromatic rings. The highest BCUT2D eigenvalue weighted by molar-refractivity contribution is 6.42. The van der Waals surface area contributed by atoms with Crippen molar-refractivity contribution in [3.05, 3.63) is 57.8 Å². The summed E-state index contributed by atoms with van der Waals surface area (Å²) in [4.78, 5) is 0. The molecule has 0 aliphatic heterocycles. The zero-order valence-corrected chi connectivity index (χ0v) is 11.5. The highest BCUT2D eigenvalue weighted by Crippen LogP contribution is 2.37. The Morgan fingerprint density at radius 2 is 1.89 bits per heavy atom. The molecule has 0 saturated heterocycles. The third-order valence-corrected chi connectivity index (χ3v) is 3.36. The number of hydrogen-bond acceptors (Lipinski definition) is 2. The fraction of sp³-hybridized carbons (Fsp3) is 0.143. The third kappa shape index (κ3) is 3.18. The zero-order chi connectivity index (χ0) is 14.0. The second kappa shape index (κ2) is 5.78. The van der Waals surface area contributed by atoms with Crippen LogP contribution in [0.2, 0.25) is 10.0 Å². The molecule has 0 heterocycles. The highest BCUT2D eigenvalue weighted by Gasteiger charge is 2.13. The maximum absolute atomic E-state index is 13.2. The second-order valence-corrected chi connectivity index (χ2v) is 4.80. The van der Waals surface area contributed by atoms with Crippen LogP contribution in [0.5, 0.6) is 11.5 Å². The molecule has 0 amide bonds. The molecule has 2 aromatic carbocycles. The molecule has 0 spiro atoms. The van der Waals surface area contributed by atoms with E-state index in [4.69, 9.17) is 27.9 Å². The van der Waals surface area contributed by atoms with Crippen molar-refractivity contribution in [3.63, 3.8) is 0 Å². The maximum Gasteiger partial charge on any atom is 0.147 e. The number of aliphatic hydroxyl groups excluding tert-OH is 1. The number of aliphatic hydroxyl groups is 1. The Morgan fingerprint density at radius 1 is 1.16 bits per heavy atom. The predicted molar refractivity (Wildman–Crippen MR) is 73.6 cm³/mol. The second-order valence-electron chi connectivity index (χ2n) is 4.01. The van der Waals surface area contributed by atoms with Crippen LogP contribution in [-0.4, -0.2) is 5.11 Å². The summed E-state index contributed by atoms with van der Waals surface area (Å²) in [5.41, 5.74) is 0.344. The summed E-state index contributed by atoms with van der Waals surface area (Å²) in [5.74, 6) is 0.240. The molecule has 0 aromatic heterocycles. The van der Waals surface area contributed by atoms with E-state index < -0.39 is 11.9 Å². The Morgan fingerprint density at radius 3 is 2.58 bits per heavy atom. The molecule has 1 atom stereocenters. The standard InChI is InChI=1S/C14H11Cl2FO2/c1-8(18)10-7-9(17)5-6-12(10)19-13-4-2-3-11(15)14(13)16/h2-8,18H,1H3. The van der Waals surface area contributed by atoms with Crippen molar-refractivity contribution in [1.29, 1.82) is 0 Å². The van der Waals surface area contributed by atoms with Gasteiger partial charge in [0.25, 0.3) is 0 Å². The molecule has 0 fully saturated rings. The first-order chi connectivity index (χ1) is 8.99. The molecule has 0 aliphatic rings. The SMILES string of the molecule is CC(O)c1cc(F)ccc1Oc1cccc(Cl)c1Cl. The third-order valence-electron chi connectivity index (χ3n) is 2.56. The van der Waals surface area contributed by atoms with Gasteiger partial charge in [0.2, 0.25) is 0 Å². The minimum atomic E-state index is -0.858. The maximum atomic E-state index is 13.2. The number of ether oxygens (including phenoxy) is 1. The molecule has 0 aliphatic carbocycles. The normalized spacial score (nSPS) is 12.3. The first-order valence-corrected chi connectivity index (χ1v) is 6.34. The van der Waals surface area contributed by atoms with Crippen molar-refractivity contribution in [2.45, 2.75) is 13.0 Å². The molecular formula is C14H11Cl2FO2. The van der Waals surface area contributed by atoms with Gasteiger partial charge in [-0.25, -0.2) is 4.39 Å². The van der Waals surface area contributed by atoms with Gasteiger partial charge in [-0.15, -0.1) is 0 Å². The van der Waals surface area contributed by atoms with Crippen LogP contribution in [0.3, 0.4) is 0 Å². The van der Waals surface area contributed by atoms with Crippen molar-refractivity contribution >= 4 is 23.2 Å². The Bertz CT molecular complexity index is 600. The number of hydrogen-bond donors (Lipinski definition) is 1. The molecule has 1 unspecified atom stereocenters. The molecular weight excluding hydrogens is 290 g/mol. The van der Waals surface area contributed by atoms with Crippen LogP contribution in [0.1, 0.15) is 18.6 Å². The number of halogens is 3. The van der Waals surface area contributed by atoms with Gasteiger partial charge in [-0.05, 0) is 37.3 Å². The summed E-state index contributed by atoms with van der Waals surface area (Å²) < 4.78 is 18.8. The lowest BCUT2D eigenvalue weighted by Gasteiger charge is -2.14. The van der Waals surface area contributed by atoms with Gasteiger partial charge in [0, 0.05) is 5.56 Å². The summed E-state index contributed by atoms with van der Waals surface area (Å²) in [6.07, 6.45) is -0.858. The van der Waals surface area contributed by atoms with E-state index in [-0.39, 0.29) is 5.02 Å². The smallest absolute Gasteiger partial charge is 0.147 e. The van der Waals surface area contributed by atoms with Crippen molar-refractivity contribution in [2.75, 3.05) is 0 Å². The largest absolute Gasteiger partial charge is 0.455 e. The molecule has 2 rings (SSSR count). The topological polar surface area (TPSA) is 29.5 Å². The Hall–Kier alpha value is -1.29. The Balaban J connectivity index is 2.41. The first kappa shape index (κ1) is 14.1. The molecule has 0 bridgehead atoms. The summed E-state index contributed by atoms with van der Waals surface area (Å²) in [7, 11) is 0. The lowest BCUT2D eigenvalue weighted by atomic mass is 10.1. The highest BCUT2D eigenvalue weighted by atomic mass is 35.5. The van der Waals surface area contributed by atoms with Gasteiger partial charge in [-0.3, -0.25) is 0 Å². The quantitative estimate of drug-likeness (QED) is 0.866. The molecule has 2 nitrogen and oxygen atoms in total. The first-order valence-electron chi connectivity index (χ1n) is 5.58. The van der Waals surface area contributed by atoms with Crippen LogP contribution < -0.4 is 4.74 Å². The van der Waals surface area contributed by atoms with Gasteiger partial charge in [0.1, 0.15) is 22.3 Å². The predicted octanol–water partition coefficient (Wildman–Crippen LogP) is 4.98. The lowest BCUT2D eigenvalue weighted by Crippen LogP contribution is -1.97.